The number of carbonyl (C=O) groups is 1. The van der Waals surface area contributed by atoms with Gasteiger partial charge in [-0.15, -0.1) is 0 Å². The maximum absolute atomic E-state index is 13.9. The van der Waals surface area contributed by atoms with Gasteiger partial charge in [-0.2, -0.15) is 0 Å². The van der Waals surface area contributed by atoms with Crippen molar-refractivity contribution in [2.24, 2.45) is 7.05 Å². The highest BCUT2D eigenvalue weighted by Gasteiger charge is 2.29. The van der Waals surface area contributed by atoms with Crippen molar-refractivity contribution in [1.29, 1.82) is 0 Å². The van der Waals surface area contributed by atoms with E-state index in [1.54, 1.807) is 25.2 Å². The summed E-state index contributed by atoms with van der Waals surface area (Å²) >= 11 is 7.43. The standard InChI is InChI=1S/C30H30ClFN6O3S/c1-15-8-22(16(2)33-24-6-7-25(31)34-27(24)28(40)36-42-21-11-20(39)12-21)26-23(9-15)29(41)37(3)30(35-26)38-13-17-4-5-19(32)10-18(17)14-38/h4-10,16,20-21,33,39H,11-14H2,1-3H3,(H,36,40). The molecular weight excluding hydrogens is 579 g/mol. The van der Waals surface area contributed by atoms with E-state index in [9.17, 15) is 19.1 Å². The van der Waals surface area contributed by atoms with E-state index in [0.29, 0.717) is 48.5 Å². The Hall–Kier alpha value is -3.67. The highest BCUT2D eigenvalue weighted by Crippen LogP contribution is 2.33. The van der Waals surface area contributed by atoms with Crippen LogP contribution in [-0.2, 0) is 20.1 Å². The zero-order valence-corrected chi connectivity index (χ0v) is 24.9. The molecule has 9 nitrogen and oxygen atoms in total. The Labute approximate surface area is 251 Å². The van der Waals surface area contributed by atoms with Crippen LogP contribution >= 0.6 is 23.5 Å². The lowest BCUT2D eigenvalue weighted by atomic mass is 9.96. The summed E-state index contributed by atoms with van der Waals surface area (Å²) in [6.07, 6.45) is 0.942. The second kappa shape index (κ2) is 11.2. The van der Waals surface area contributed by atoms with Crippen molar-refractivity contribution in [3.05, 3.63) is 91.7 Å². The number of anilines is 2. The SMILES string of the molecule is Cc1cc(C(C)Nc2ccc(Cl)nc2C(=O)NSC2CC(O)C2)c2nc(N3Cc4ccc(F)cc4C3)n(C)c(=O)c2c1. The summed E-state index contributed by atoms with van der Waals surface area (Å²) in [7, 11) is 1.70. The van der Waals surface area contributed by atoms with Crippen LogP contribution in [0.4, 0.5) is 16.0 Å². The lowest BCUT2D eigenvalue weighted by Gasteiger charge is -2.30. The Morgan fingerprint density at radius 3 is 2.67 bits per heavy atom. The van der Waals surface area contributed by atoms with Gasteiger partial charge in [0.05, 0.1) is 28.7 Å². The Kier molecular flexibility index (Phi) is 7.59. The maximum Gasteiger partial charge on any atom is 0.281 e. The lowest BCUT2D eigenvalue weighted by molar-refractivity contribution is 0.0956. The molecule has 0 bridgehead atoms. The van der Waals surface area contributed by atoms with Gasteiger partial charge >= 0.3 is 0 Å². The third-order valence-corrected chi connectivity index (χ3v) is 9.04. The number of aliphatic hydroxyl groups is 1. The zero-order valence-electron chi connectivity index (χ0n) is 23.3. The van der Waals surface area contributed by atoms with Crippen LogP contribution < -0.4 is 20.5 Å². The molecule has 2 aliphatic rings. The number of carbonyl (C=O) groups excluding carboxylic acids is 1. The molecule has 3 N–H and O–H groups in total. The van der Waals surface area contributed by atoms with Gasteiger partial charge in [-0.05, 0) is 85.7 Å². The number of halogens is 2. The first-order valence-corrected chi connectivity index (χ1v) is 14.9. The molecule has 1 fully saturated rings. The van der Waals surface area contributed by atoms with Crippen molar-refractivity contribution in [3.63, 3.8) is 0 Å². The Morgan fingerprint density at radius 1 is 1.14 bits per heavy atom. The van der Waals surface area contributed by atoms with E-state index in [4.69, 9.17) is 16.6 Å². The minimum atomic E-state index is -0.396. The van der Waals surface area contributed by atoms with Crippen LogP contribution in [0.25, 0.3) is 10.9 Å². The van der Waals surface area contributed by atoms with Gasteiger partial charge in [-0.25, -0.2) is 14.4 Å². The predicted molar refractivity (Wildman–Crippen MR) is 163 cm³/mol. The van der Waals surface area contributed by atoms with Crippen LogP contribution in [-0.4, -0.2) is 36.9 Å². The van der Waals surface area contributed by atoms with Gasteiger partial charge in [0, 0.05) is 31.0 Å². The van der Waals surface area contributed by atoms with Crippen LogP contribution in [0.1, 0.15) is 58.5 Å². The molecule has 1 atom stereocenters. The molecule has 1 aliphatic heterocycles. The lowest BCUT2D eigenvalue weighted by Crippen LogP contribution is -2.34. The Bertz CT molecular complexity index is 1780. The highest BCUT2D eigenvalue weighted by molar-refractivity contribution is 7.98. The molecule has 2 aromatic carbocycles. The molecule has 1 saturated carbocycles. The van der Waals surface area contributed by atoms with Crippen molar-refractivity contribution in [2.45, 2.75) is 57.2 Å². The molecule has 0 radical (unpaired) electrons. The van der Waals surface area contributed by atoms with Crippen molar-refractivity contribution < 1.29 is 14.3 Å². The second-order valence-corrected chi connectivity index (χ2v) is 12.5. The van der Waals surface area contributed by atoms with E-state index in [0.717, 1.165) is 22.3 Å². The second-order valence-electron chi connectivity index (χ2n) is 11.0. The average Bonchev–Trinajstić information content (AvgIpc) is 3.36. The van der Waals surface area contributed by atoms with Crippen LogP contribution in [0, 0.1) is 12.7 Å². The summed E-state index contributed by atoms with van der Waals surface area (Å²) < 4.78 is 18.2. The predicted octanol–water partition coefficient (Wildman–Crippen LogP) is 5.02. The summed E-state index contributed by atoms with van der Waals surface area (Å²) in [5.41, 5.74) is 4.54. The molecular formula is C30H30ClFN6O3S. The fourth-order valence-corrected chi connectivity index (χ4v) is 6.67. The fourth-order valence-electron chi connectivity index (χ4n) is 5.51. The van der Waals surface area contributed by atoms with Crippen LogP contribution in [0.15, 0.2) is 47.3 Å². The highest BCUT2D eigenvalue weighted by atomic mass is 35.5. The van der Waals surface area contributed by atoms with E-state index >= 15 is 0 Å². The topological polar surface area (TPSA) is 112 Å². The smallest absolute Gasteiger partial charge is 0.281 e. The van der Waals surface area contributed by atoms with E-state index < -0.39 is 5.91 Å². The van der Waals surface area contributed by atoms with Crippen LogP contribution in [0.5, 0.6) is 0 Å². The summed E-state index contributed by atoms with van der Waals surface area (Å²) in [6.45, 7) is 4.82. The largest absolute Gasteiger partial charge is 0.393 e. The first-order chi connectivity index (χ1) is 20.1. The fraction of sp³-hybridized carbons (Fsp3) is 0.333. The zero-order chi connectivity index (χ0) is 29.7. The number of rotatable bonds is 7. The van der Waals surface area contributed by atoms with Gasteiger partial charge in [0.2, 0.25) is 5.95 Å². The number of aryl methyl sites for hydroxylation is 1. The molecule has 1 unspecified atom stereocenters. The summed E-state index contributed by atoms with van der Waals surface area (Å²) in [6, 6.07) is 11.5. The number of hydrogen-bond acceptors (Lipinski definition) is 8. The molecule has 4 aromatic rings. The van der Waals surface area contributed by atoms with Gasteiger partial charge in [-0.3, -0.25) is 18.9 Å². The molecule has 218 valence electrons. The van der Waals surface area contributed by atoms with Crippen molar-refractivity contribution in [2.75, 3.05) is 10.2 Å². The van der Waals surface area contributed by atoms with Crippen LogP contribution in [0.3, 0.4) is 0 Å². The van der Waals surface area contributed by atoms with E-state index in [2.05, 4.69) is 15.0 Å². The first kappa shape index (κ1) is 28.4. The molecule has 0 spiro atoms. The number of amides is 1. The maximum atomic E-state index is 13.9. The number of benzene rings is 2. The van der Waals surface area contributed by atoms with Crippen molar-refractivity contribution >= 4 is 52.0 Å². The average molecular weight is 609 g/mol. The summed E-state index contributed by atoms with van der Waals surface area (Å²) in [5.74, 6) is -0.196. The van der Waals surface area contributed by atoms with Gasteiger partial charge in [-0.1, -0.05) is 23.7 Å². The first-order valence-electron chi connectivity index (χ1n) is 13.7. The quantitative estimate of drug-likeness (QED) is 0.198. The number of fused-ring (bicyclic) bond motifs is 2. The van der Waals surface area contributed by atoms with Crippen LogP contribution in [0.2, 0.25) is 5.15 Å². The van der Waals surface area contributed by atoms with Gasteiger partial charge in [0.1, 0.15) is 11.0 Å². The van der Waals surface area contributed by atoms with E-state index in [1.165, 1.54) is 28.6 Å². The van der Waals surface area contributed by atoms with Gasteiger partial charge in [0.15, 0.2) is 5.69 Å². The monoisotopic (exact) mass is 608 g/mol. The normalized spacial score (nSPS) is 18.5. The third-order valence-electron chi connectivity index (χ3n) is 7.81. The van der Waals surface area contributed by atoms with Crippen molar-refractivity contribution in [3.8, 4) is 0 Å². The van der Waals surface area contributed by atoms with E-state index in [-0.39, 0.29) is 39.6 Å². The molecule has 1 aliphatic carbocycles. The Morgan fingerprint density at radius 2 is 1.90 bits per heavy atom. The van der Waals surface area contributed by atoms with Gasteiger partial charge < -0.3 is 15.3 Å². The van der Waals surface area contributed by atoms with Crippen molar-refractivity contribution in [1.82, 2.24) is 19.3 Å². The molecule has 2 aromatic heterocycles. The summed E-state index contributed by atoms with van der Waals surface area (Å²) in [5, 5.41) is 13.7. The van der Waals surface area contributed by atoms with Gasteiger partial charge in [0.25, 0.3) is 11.5 Å². The number of aliphatic hydroxyl groups excluding tert-OH is 1. The molecule has 12 heteroatoms. The Balaban J connectivity index is 1.33. The number of nitrogens with zero attached hydrogens (tertiary/aromatic N) is 4. The number of aromatic nitrogens is 3. The number of pyridine rings is 1. The number of hydrogen-bond donors (Lipinski definition) is 3. The third kappa shape index (κ3) is 5.44. The number of nitrogens with one attached hydrogen (secondary N) is 2. The van der Waals surface area contributed by atoms with E-state index in [1.807, 2.05) is 30.9 Å². The molecule has 6 rings (SSSR count). The molecule has 42 heavy (non-hydrogen) atoms. The molecule has 1 amide bonds. The minimum Gasteiger partial charge on any atom is -0.393 e. The minimum absolute atomic E-state index is 0.144. The molecule has 0 saturated heterocycles. The molecule has 3 heterocycles. The summed E-state index contributed by atoms with van der Waals surface area (Å²) in [4.78, 5) is 37.9.